The van der Waals surface area contributed by atoms with Gasteiger partial charge < -0.3 is 10.2 Å². The maximum absolute atomic E-state index is 10.8. The first-order valence-electron chi connectivity index (χ1n) is 4.39. The van der Waals surface area contributed by atoms with Gasteiger partial charge in [0.2, 0.25) is 0 Å². The zero-order chi connectivity index (χ0) is 11.4. The minimum atomic E-state index is -1.42. The Kier molecular flexibility index (Phi) is 3.38. The summed E-state index contributed by atoms with van der Waals surface area (Å²) in [6, 6.07) is 3.23. The number of rotatable bonds is 4. The molecule has 0 spiro atoms. The van der Waals surface area contributed by atoms with Crippen LogP contribution in [-0.4, -0.2) is 27.1 Å². The molecule has 1 heterocycles. The van der Waals surface area contributed by atoms with Gasteiger partial charge in [-0.05, 0) is 17.7 Å². The second-order valence-corrected chi connectivity index (χ2v) is 3.22. The molecule has 0 bridgehead atoms. The molecule has 15 heavy (non-hydrogen) atoms. The van der Waals surface area contributed by atoms with E-state index in [1.54, 1.807) is 19.1 Å². The standard InChI is InChI=1S/C10H11NO4/c1-6(7-2-4-11-5-3-7)8(9(12)13)10(14)15/h2-6,8H,1H3,(H,12,13)(H,14,15). The van der Waals surface area contributed by atoms with Crippen molar-refractivity contribution < 1.29 is 19.8 Å². The highest BCUT2D eigenvalue weighted by atomic mass is 16.4. The van der Waals surface area contributed by atoms with Crippen molar-refractivity contribution in [2.75, 3.05) is 0 Å². The molecule has 0 aliphatic carbocycles. The topological polar surface area (TPSA) is 87.5 Å². The third kappa shape index (κ3) is 2.52. The van der Waals surface area contributed by atoms with E-state index in [2.05, 4.69) is 4.98 Å². The van der Waals surface area contributed by atoms with Gasteiger partial charge in [0, 0.05) is 18.3 Å². The smallest absolute Gasteiger partial charge is 0.318 e. The third-order valence-electron chi connectivity index (χ3n) is 2.26. The maximum Gasteiger partial charge on any atom is 0.318 e. The average Bonchev–Trinajstić information content (AvgIpc) is 2.18. The summed E-state index contributed by atoms with van der Waals surface area (Å²) in [7, 11) is 0. The largest absolute Gasteiger partial charge is 0.481 e. The number of carbonyl (C=O) groups is 2. The monoisotopic (exact) mass is 209 g/mol. The summed E-state index contributed by atoms with van der Waals surface area (Å²) in [5.41, 5.74) is 0.653. The molecule has 0 amide bonds. The van der Waals surface area contributed by atoms with E-state index in [0.717, 1.165) is 0 Å². The molecule has 1 rings (SSSR count). The summed E-state index contributed by atoms with van der Waals surface area (Å²) >= 11 is 0. The first-order chi connectivity index (χ1) is 7.04. The molecule has 1 atom stereocenters. The fourth-order valence-corrected chi connectivity index (χ4v) is 1.39. The molecule has 5 nitrogen and oxygen atoms in total. The summed E-state index contributed by atoms with van der Waals surface area (Å²) in [4.78, 5) is 25.3. The van der Waals surface area contributed by atoms with Crippen LogP contribution in [0.15, 0.2) is 24.5 Å². The zero-order valence-corrected chi connectivity index (χ0v) is 8.12. The molecule has 0 aromatic carbocycles. The number of carboxylic acid groups (broad SMARTS) is 2. The van der Waals surface area contributed by atoms with Gasteiger partial charge >= 0.3 is 11.9 Å². The molecule has 2 N–H and O–H groups in total. The lowest BCUT2D eigenvalue weighted by Gasteiger charge is -2.16. The van der Waals surface area contributed by atoms with E-state index in [9.17, 15) is 9.59 Å². The maximum atomic E-state index is 10.8. The minimum Gasteiger partial charge on any atom is -0.481 e. The van der Waals surface area contributed by atoms with Crippen LogP contribution in [0, 0.1) is 5.92 Å². The van der Waals surface area contributed by atoms with Crippen LogP contribution in [0.1, 0.15) is 18.4 Å². The Morgan fingerprint density at radius 3 is 2.07 bits per heavy atom. The summed E-state index contributed by atoms with van der Waals surface area (Å²) in [6.45, 7) is 1.57. The molecule has 5 heteroatoms. The Bertz CT molecular complexity index is 349. The quantitative estimate of drug-likeness (QED) is 0.721. The van der Waals surface area contributed by atoms with Gasteiger partial charge in [-0.1, -0.05) is 6.92 Å². The summed E-state index contributed by atoms with van der Waals surface area (Å²) in [5.74, 6) is -4.66. The highest BCUT2D eigenvalue weighted by molar-refractivity contribution is 5.94. The number of pyridine rings is 1. The second kappa shape index (κ2) is 4.54. The summed E-state index contributed by atoms with van der Waals surface area (Å²) in [5, 5.41) is 17.6. The highest BCUT2D eigenvalue weighted by Crippen LogP contribution is 2.24. The highest BCUT2D eigenvalue weighted by Gasteiger charge is 2.32. The lowest BCUT2D eigenvalue weighted by Crippen LogP contribution is -2.28. The third-order valence-corrected chi connectivity index (χ3v) is 2.26. The van der Waals surface area contributed by atoms with E-state index >= 15 is 0 Å². The molecule has 0 saturated heterocycles. The average molecular weight is 209 g/mol. The number of hydrogen-bond donors (Lipinski definition) is 2. The van der Waals surface area contributed by atoms with Gasteiger partial charge in [-0.2, -0.15) is 0 Å². The zero-order valence-electron chi connectivity index (χ0n) is 8.12. The van der Waals surface area contributed by atoms with Crippen LogP contribution < -0.4 is 0 Å². The molecule has 80 valence electrons. The first-order valence-corrected chi connectivity index (χ1v) is 4.39. The number of aromatic nitrogens is 1. The second-order valence-electron chi connectivity index (χ2n) is 3.22. The van der Waals surface area contributed by atoms with Crippen LogP contribution in [0.2, 0.25) is 0 Å². The van der Waals surface area contributed by atoms with Crippen LogP contribution >= 0.6 is 0 Å². The van der Waals surface area contributed by atoms with Gasteiger partial charge in [0.05, 0.1) is 0 Å². The van der Waals surface area contributed by atoms with Crippen molar-refractivity contribution in [3.63, 3.8) is 0 Å². The molecule has 0 saturated carbocycles. The fraction of sp³-hybridized carbons (Fsp3) is 0.300. The van der Waals surface area contributed by atoms with Crippen molar-refractivity contribution in [3.05, 3.63) is 30.1 Å². The SMILES string of the molecule is CC(c1ccncc1)C(C(=O)O)C(=O)O. The molecule has 0 aliphatic rings. The van der Waals surface area contributed by atoms with E-state index in [0.29, 0.717) is 5.56 Å². The van der Waals surface area contributed by atoms with E-state index < -0.39 is 23.8 Å². The number of hydrogen-bond acceptors (Lipinski definition) is 3. The van der Waals surface area contributed by atoms with E-state index in [-0.39, 0.29) is 0 Å². The Balaban J connectivity index is 2.96. The Morgan fingerprint density at radius 1 is 1.20 bits per heavy atom. The van der Waals surface area contributed by atoms with Crippen LogP contribution in [0.3, 0.4) is 0 Å². The molecule has 1 unspecified atom stereocenters. The first kappa shape index (κ1) is 11.2. The predicted octanol–water partition coefficient (Wildman–Crippen LogP) is 0.970. The molecule has 0 aliphatic heterocycles. The summed E-state index contributed by atoms with van der Waals surface area (Å²) in [6.07, 6.45) is 3.01. The summed E-state index contributed by atoms with van der Waals surface area (Å²) < 4.78 is 0. The Hall–Kier alpha value is -1.91. The van der Waals surface area contributed by atoms with E-state index in [1.807, 2.05) is 0 Å². The molecule has 0 radical (unpaired) electrons. The molecular weight excluding hydrogens is 198 g/mol. The van der Waals surface area contributed by atoms with Gasteiger partial charge in [0.15, 0.2) is 5.92 Å². The lowest BCUT2D eigenvalue weighted by molar-refractivity contribution is -0.155. The van der Waals surface area contributed by atoms with Crippen molar-refractivity contribution in [1.82, 2.24) is 4.98 Å². The fourth-order valence-electron chi connectivity index (χ4n) is 1.39. The van der Waals surface area contributed by atoms with Gasteiger partial charge in [-0.15, -0.1) is 0 Å². The number of nitrogens with zero attached hydrogens (tertiary/aromatic N) is 1. The van der Waals surface area contributed by atoms with Crippen LogP contribution in [-0.2, 0) is 9.59 Å². The predicted molar refractivity (Wildman–Crippen MR) is 51.4 cm³/mol. The van der Waals surface area contributed by atoms with E-state index in [4.69, 9.17) is 10.2 Å². The van der Waals surface area contributed by atoms with E-state index in [1.165, 1.54) is 12.4 Å². The van der Waals surface area contributed by atoms with Crippen LogP contribution in [0.4, 0.5) is 0 Å². The van der Waals surface area contributed by atoms with Crippen molar-refractivity contribution in [2.24, 2.45) is 5.92 Å². The van der Waals surface area contributed by atoms with Crippen molar-refractivity contribution in [1.29, 1.82) is 0 Å². The molecule has 1 aromatic rings. The molecule has 0 fully saturated rings. The minimum absolute atomic E-state index is 0.581. The normalized spacial score (nSPS) is 12.4. The van der Waals surface area contributed by atoms with Crippen molar-refractivity contribution >= 4 is 11.9 Å². The van der Waals surface area contributed by atoms with Gasteiger partial charge in [-0.3, -0.25) is 14.6 Å². The Morgan fingerprint density at radius 2 is 1.67 bits per heavy atom. The number of aliphatic carboxylic acids is 2. The van der Waals surface area contributed by atoms with Gasteiger partial charge in [-0.25, -0.2) is 0 Å². The Labute approximate surface area is 86.4 Å². The van der Waals surface area contributed by atoms with Gasteiger partial charge in [0.25, 0.3) is 0 Å². The molecule has 1 aromatic heterocycles. The lowest BCUT2D eigenvalue weighted by atomic mass is 9.88. The van der Waals surface area contributed by atoms with Crippen molar-refractivity contribution in [2.45, 2.75) is 12.8 Å². The van der Waals surface area contributed by atoms with Crippen molar-refractivity contribution in [3.8, 4) is 0 Å². The number of carboxylic acids is 2. The molecular formula is C10H11NO4. The van der Waals surface area contributed by atoms with Crippen LogP contribution in [0.5, 0.6) is 0 Å². The van der Waals surface area contributed by atoms with Crippen LogP contribution in [0.25, 0.3) is 0 Å². The van der Waals surface area contributed by atoms with Gasteiger partial charge in [0.1, 0.15) is 0 Å².